The van der Waals surface area contributed by atoms with Crippen LogP contribution in [0.4, 0.5) is 8.78 Å². The molecule has 2 aromatic rings. The predicted molar refractivity (Wildman–Crippen MR) is 59.9 cm³/mol. The third-order valence-electron chi connectivity index (χ3n) is 2.33. The molecule has 0 nitrogen and oxygen atoms in total. The van der Waals surface area contributed by atoms with Crippen molar-refractivity contribution >= 4 is 0 Å². The van der Waals surface area contributed by atoms with Crippen molar-refractivity contribution in [1.82, 2.24) is 0 Å². The van der Waals surface area contributed by atoms with Crippen LogP contribution in [0.25, 0.3) is 0 Å². The van der Waals surface area contributed by atoms with E-state index < -0.39 is 0 Å². The molecule has 0 aliphatic carbocycles. The van der Waals surface area contributed by atoms with E-state index in [0.717, 1.165) is 11.1 Å². The van der Waals surface area contributed by atoms with E-state index in [1.54, 1.807) is 18.2 Å². The summed E-state index contributed by atoms with van der Waals surface area (Å²) in [6.45, 7) is 0. The van der Waals surface area contributed by atoms with Crippen LogP contribution in [0.5, 0.6) is 0 Å². The molecule has 0 fully saturated rings. The smallest absolute Gasteiger partial charge is 0.123 e. The molecule has 0 amide bonds. The molecule has 2 heteroatoms. The van der Waals surface area contributed by atoms with Gasteiger partial charge in [-0.2, -0.15) is 0 Å². The van der Waals surface area contributed by atoms with Gasteiger partial charge in [0.25, 0.3) is 0 Å². The zero-order valence-corrected chi connectivity index (χ0v) is 8.66. The average Bonchev–Trinajstić information content (AvgIpc) is 2.28. The topological polar surface area (TPSA) is 0 Å². The highest BCUT2D eigenvalue weighted by atomic mass is 19.1. The van der Waals surface area contributed by atoms with Gasteiger partial charge < -0.3 is 0 Å². The van der Waals surface area contributed by atoms with E-state index in [1.165, 1.54) is 24.3 Å². The molecule has 81 valence electrons. The Balaban J connectivity index is 1.99. The first-order chi connectivity index (χ1) is 7.74. The molecule has 0 N–H and O–H groups in total. The molecule has 0 bridgehead atoms. The number of hydrogen-bond donors (Lipinski definition) is 0. The molecule has 1 radical (unpaired) electrons. The second-order valence-electron chi connectivity index (χ2n) is 3.59. The van der Waals surface area contributed by atoms with Gasteiger partial charge in [-0.3, -0.25) is 0 Å². The van der Waals surface area contributed by atoms with Crippen LogP contribution in [0.3, 0.4) is 0 Å². The second kappa shape index (κ2) is 4.88. The highest BCUT2D eigenvalue weighted by Gasteiger charge is 1.98. The third kappa shape index (κ3) is 2.89. The van der Waals surface area contributed by atoms with E-state index in [0.29, 0.717) is 6.42 Å². The summed E-state index contributed by atoms with van der Waals surface area (Å²) in [5.41, 5.74) is 1.84. The van der Waals surface area contributed by atoms with E-state index in [4.69, 9.17) is 0 Å². The molecule has 0 atom stereocenters. The van der Waals surface area contributed by atoms with Crippen LogP contribution in [0.15, 0.2) is 48.5 Å². The van der Waals surface area contributed by atoms with E-state index >= 15 is 0 Å². The van der Waals surface area contributed by atoms with Gasteiger partial charge in [0.1, 0.15) is 11.6 Å². The van der Waals surface area contributed by atoms with Crippen molar-refractivity contribution in [3.63, 3.8) is 0 Å². The minimum atomic E-state index is -0.247. The maximum atomic E-state index is 12.9. The van der Waals surface area contributed by atoms with Crippen molar-refractivity contribution in [2.24, 2.45) is 0 Å². The molecule has 0 saturated heterocycles. The Kier molecular flexibility index (Phi) is 3.30. The van der Waals surface area contributed by atoms with Crippen LogP contribution in [0.1, 0.15) is 11.1 Å². The lowest BCUT2D eigenvalue weighted by Crippen LogP contribution is -1.89. The lowest BCUT2D eigenvalue weighted by atomic mass is 10.0. The highest BCUT2D eigenvalue weighted by molar-refractivity contribution is 5.27. The maximum absolute atomic E-state index is 12.9. The van der Waals surface area contributed by atoms with Gasteiger partial charge >= 0.3 is 0 Å². The first-order valence-corrected chi connectivity index (χ1v) is 5.07. The summed E-state index contributed by atoms with van der Waals surface area (Å²) in [5.74, 6) is -0.479. The van der Waals surface area contributed by atoms with Crippen LogP contribution in [0.2, 0.25) is 0 Å². The molecule has 0 aliphatic rings. The van der Waals surface area contributed by atoms with E-state index in [1.807, 2.05) is 12.5 Å². The molecule has 0 unspecified atom stereocenters. The van der Waals surface area contributed by atoms with Crippen LogP contribution in [-0.2, 0) is 6.42 Å². The van der Waals surface area contributed by atoms with Crippen molar-refractivity contribution < 1.29 is 8.78 Å². The minimum absolute atomic E-state index is 0.231. The first kappa shape index (κ1) is 10.8. The monoisotopic (exact) mass is 217 g/mol. The van der Waals surface area contributed by atoms with E-state index in [9.17, 15) is 8.78 Å². The quantitative estimate of drug-likeness (QED) is 0.734. The van der Waals surface area contributed by atoms with E-state index in [-0.39, 0.29) is 11.6 Å². The van der Waals surface area contributed by atoms with Crippen LogP contribution >= 0.6 is 0 Å². The van der Waals surface area contributed by atoms with Gasteiger partial charge in [0, 0.05) is 0 Å². The molecule has 0 aliphatic heterocycles. The minimum Gasteiger partial charge on any atom is -0.207 e. The molecule has 0 heterocycles. The summed E-state index contributed by atoms with van der Waals surface area (Å²) in [5, 5.41) is 0. The Morgan fingerprint density at radius 2 is 1.62 bits per heavy atom. The fourth-order valence-corrected chi connectivity index (χ4v) is 1.50. The largest absolute Gasteiger partial charge is 0.207 e. The SMILES string of the molecule is Fc1ccc([CH]Cc2cccc(F)c2)cc1. The van der Waals surface area contributed by atoms with Gasteiger partial charge in [0.15, 0.2) is 0 Å². The second-order valence-corrected chi connectivity index (χ2v) is 3.59. The van der Waals surface area contributed by atoms with Gasteiger partial charge in [-0.05, 0) is 48.2 Å². The van der Waals surface area contributed by atoms with Crippen molar-refractivity contribution in [3.8, 4) is 0 Å². The van der Waals surface area contributed by atoms with Crippen LogP contribution < -0.4 is 0 Å². The van der Waals surface area contributed by atoms with Crippen molar-refractivity contribution in [1.29, 1.82) is 0 Å². The maximum Gasteiger partial charge on any atom is 0.123 e. The summed E-state index contributed by atoms with van der Waals surface area (Å²) in [4.78, 5) is 0. The van der Waals surface area contributed by atoms with E-state index in [2.05, 4.69) is 0 Å². The van der Waals surface area contributed by atoms with Gasteiger partial charge in [0.05, 0.1) is 0 Å². The fraction of sp³-hybridized carbons (Fsp3) is 0.0714. The Hall–Kier alpha value is -1.70. The van der Waals surface area contributed by atoms with Gasteiger partial charge in [-0.15, -0.1) is 0 Å². The van der Waals surface area contributed by atoms with Crippen LogP contribution in [-0.4, -0.2) is 0 Å². The Labute approximate surface area is 93.5 Å². The number of hydrogen-bond acceptors (Lipinski definition) is 0. The van der Waals surface area contributed by atoms with Gasteiger partial charge in [-0.1, -0.05) is 24.3 Å². The summed E-state index contributed by atoms with van der Waals surface area (Å²) in [7, 11) is 0. The molecule has 0 aromatic heterocycles. The molecule has 0 spiro atoms. The molecular formula is C14H11F2. The lowest BCUT2D eigenvalue weighted by molar-refractivity contribution is 0.626. The molecule has 0 saturated carbocycles. The van der Waals surface area contributed by atoms with Crippen molar-refractivity contribution in [2.75, 3.05) is 0 Å². The first-order valence-electron chi connectivity index (χ1n) is 5.07. The molecule has 2 aromatic carbocycles. The van der Waals surface area contributed by atoms with Crippen molar-refractivity contribution in [2.45, 2.75) is 6.42 Å². The zero-order valence-electron chi connectivity index (χ0n) is 8.66. The standard InChI is InChI=1S/C14H11F2/c15-13-8-6-11(7-9-13)4-5-12-2-1-3-14(16)10-12/h1-4,6-10H,5H2. The Bertz CT molecular complexity index is 460. The highest BCUT2D eigenvalue weighted by Crippen LogP contribution is 2.11. The number of rotatable bonds is 3. The predicted octanol–water partition coefficient (Wildman–Crippen LogP) is 3.76. The average molecular weight is 217 g/mol. The Morgan fingerprint density at radius 1 is 0.875 bits per heavy atom. The van der Waals surface area contributed by atoms with Crippen LogP contribution in [0, 0.1) is 18.1 Å². The number of halogens is 2. The Morgan fingerprint density at radius 3 is 2.31 bits per heavy atom. The summed E-state index contributed by atoms with van der Waals surface area (Å²) >= 11 is 0. The lowest BCUT2D eigenvalue weighted by Gasteiger charge is -2.01. The normalized spacial score (nSPS) is 10.4. The fourth-order valence-electron chi connectivity index (χ4n) is 1.50. The van der Waals surface area contributed by atoms with Crippen molar-refractivity contribution in [3.05, 3.63) is 77.7 Å². The van der Waals surface area contributed by atoms with Gasteiger partial charge in [0.2, 0.25) is 0 Å². The molecule has 16 heavy (non-hydrogen) atoms. The summed E-state index contributed by atoms with van der Waals surface area (Å²) < 4.78 is 25.5. The summed E-state index contributed by atoms with van der Waals surface area (Å²) in [6.07, 6.45) is 2.58. The third-order valence-corrected chi connectivity index (χ3v) is 2.33. The molecule has 2 rings (SSSR count). The molecular weight excluding hydrogens is 206 g/mol. The summed E-state index contributed by atoms with van der Waals surface area (Å²) in [6, 6.07) is 12.7. The number of benzene rings is 2. The van der Waals surface area contributed by atoms with Gasteiger partial charge in [-0.25, -0.2) is 8.78 Å². The zero-order chi connectivity index (χ0) is 11.4.